The van der Waals surface area contributed by atoms with Crippen molar-refractivity contribution in [3.63, 3.8) is 0 Å². The lowest BCUT2D eigenvalue weighted by Gasteiger charge is -2.11. The molecule has 0 aliphatic rings. The van der Waals surface area contributed by atoms with Crippen LogP contribution in [0.5, 0.6) is 0 Å². The molecule has 0 saturated heterocycles. The summed E-state index contributed by atoms with van der Waals surface area (Å²) in [7, 11) is 0. The topological polar surface area (TPSA) is 53.4 Å². The summed E-state index contributed by atoms with van der Waals surface area (Å²) in [4.78, 5) is 4.47. The van der Waals surface area contributed by atoms with Crippen LogP contribution in [0.1, 0.15) is 22.9 Å². The van der Waals surface area contributed by atoms with Crippen molar-refractivity contribution in [3.05, 3.63) is 41.1 Å². The van der Waals surface area contributed by atoms with Crippen molar-refractivity contribution in [1.82, 2.24) is 4.98 Å². The fourth-order valence-electron chi connectivity index (χ4n) is 1.79. The second-order valence-corrected chi connectivity index (χ2v) is 4.01. The van der Waals surface area contributed by atoms with Crippen LogP contribution in [0.2, 0.25) is 0 Å². The van der Waals surface area contributed by atoms with E-state index in [0.717, 1.165) is 22.2 Å². The zero-order chi connectivity index (χ0) is 11.7. The van der Waals surface area contributed by atoms with Crippen molar-refractivity contribution in [2.24, 2.45) is 0 Å². The predicted molar refractivity (Wildman–Crippen MR) is 63.3 cm³/mol. The number of hydrogen-bond acceptors (Lipinski definition) is 3. The molecule has 84 valence electrons. The molecule has 0 saturated carbocycles. The molecule has 16 heavy (non-hydrogen) atoms. The average molecular weight is 217 g/mol. The Hall–Kier alpha value is -1.45. The number of fused-ring (bicyclic) bond motifs is 1. The van der Waals surface area contributed by atoms with Crippen LogP contribution in [-0.2, 0) is 0 Å². The van der Waals surface area contributed by atoms with Gasteiger partial charge in [0.1, 0.15) is 6.10 Å². The van der Waals surface area contributed by atoms with Crippen molar-refractivity contribution in [3.8, 4) is 0 Å². The number of aryl methyl sites for hydroxylation is 2. The molecule has 0 aliphatic carbocycles. The molecule has 0 spiro atoms. The Balaban J connectivity index is 2.72. The second-order valence-electron chi connectivity index (χ2n) is 4.01. The number of benzene rings is 1. The molecule has 1 heterocycles. The van der Waals surface area contributed by atoms with E-state index in [2.05, 4.69) is 4.98 Å². The summed E-state index contributed by atoms with van der Waals surface area (Å²) in [5.41, 5.74) is 3.53. The Kier molecular flexibility index (Phi) is 2.90. The van der Waals surface area contributed by atoms with Gasteiger partial charge in [0.15, 0.2) is 0 Å². The minimum Gasteiger partial charge on any atom is -0.393 e. The van der Waals surface area contributed by atoms with Crippen LogP contribution in [0.3, 0.4) is 0 Å². The van der Waals surface area contributed by atoms with E-state index in [9.17, 15) is 5.11 Å². The van der Waals surface area contributed by atoms with Crippen molar-refractivity contribution in [2.75, 3.05) is 6.61 Å². The normalized spacial score (nSPS) is 13.0. The molecular weight excluding hydrogens is 202 g/mol. The number of nitrogens with zero attached hydrogens (tertiary/aromatic N) is 1. The summed E-state index contributed by atoms with van der Waals surface area (Å²) in [5.74, 6) is 0. The quantitative estimate of drug-likeness (QED) is 0.807. The second kappa shape index (κ2) is 4.20. The monoisotopic (exact) mass is 217 g/mol. The van der Waals surface area contributed by atoms with Crippen LogP contribution in [-0.4, -0.2) is 21.8 Å². The number of aliphatic hydroxyl groups is 2. The van der Waals surface area contributed by atoms with Crippen LogP contribution >= 0.6 is 0 Å². The summed E-state index contributed by atoms with van der Waals surface area (Å²) < 4.78 is 0. The van der Waals surface area contributed by atoms with Gasteiger partial charge in [0, 0.05) is 16.6 Å². The Bertz CT molecular complexity index is 523. The third-order valence-corrected chi connectivity index (χ3v) is 2.85. The van der Waals surface area contributed by atoms with E-state index in [4.69, 9.17) is 5.11 Å². The first kappa shape index (κ1) is 11.0. The first-order valence-electron chi connectivity index (χ1n) is 5.29. The van der Waals surface area contributed by atoms with Crippen LogP contribution in [0.25, 0.3) is 10.9 Å². The van der Waals surface area contributed by atoms with E-state index in [1.165, 1.54) is 0 Å². The number of rotatable bonds is 2. The van der Waals surface area contributed by atoms with E-state index in [-0.39, 0.29) is 6.61 Å². The minimum atomic E-state index is -0.863. The molecule has 3 heteroatoms. The van der Waals surface area contributed by atoms with Gasteiger partial charge in [0.25, 0.3) is 0 Å². The first-order chi connectivity index (χ1) is 7.63. The van der Waals surface area contributed by atoms with Crippen molar-refractivity contribution in [1.29, 1.82) is 0 Å². The van der Waals surface area contributed by atoms with E-state index >= 15 is 0 Å². The minimum absolute atomic E-state index is 0.284. The number of aromatic nitrogens is 1. The maximum absolute atomic E-state index is 9.70. The Morgan fingerprint density at radius 1 is 1.31 bits per heavy atom. The third-order valence-electron chi connectivity index (χ3n) is 2.85. The standard InChI is InChI=1S/C13H15NO2/c1-8-6-10-4-3-5-11(12(16)7-15)13(10)14-9(8)2/h3-6,12,15-16H,7H2,1-2H3. The predicted octanol–water partition coefficient (Wildman–Crippen LogP) is 1.88. The average Bonchev–Trinajstić information content (AvgIpc) is 2.29. The molecular formula is C13H15NO2. The van der Waals surface area contributed by atoms with Crippen molar-refractivity contribution in [2.45, 2.75) is 20.0 Å². The summed E-state index contributed by atoms with van der Waals surface area (Å²) in [6, 6.07) is 7.67. The molecule has 0 amide bonds. The molecule has 0 aliphatic heterocycles. The van der Waals surface area contributed by atoms with Gasteiger partial charge in [-0.25, -0.2) is 0 Å². The van der Waals surface area contributed by atoms with Gasteiger partial charge in [-0.1, -0.05) is 18.2 Å². The highest BCUT2D eigenvalue weighted by atomic mass is 16.3. The van der Waals surface area contributed by atoms with Gasteiger partial charge >= 0.3 is 0 Å². The van der Waals surface area contributed by atoms with Crippen LogP contribution in [0.4, 0.5) is 0 Å². The van der Waals surface area contributed by atoms with Crippen LogP contribution in [0, 0.1) is 13.8 Å². The molecule has 0 fully saturated rings. The lowest BCUT2D eigenvalue weighted by atomic mass is 10.0. The highest BCUT2D eigenvalue weighted by molar-refractivity contribution is 5.83. The molecule has 2 N–H and O–H groups in total. The van der Waals surface area contributed by atoms with Gasteiger partial charge in [0.2, 0.25) is 0 Å². The van der Waals surface area contributed by atoms with Crippen molar-refractivity contribution < 1.29 is 10.2 Å². The molecule has 3 nitrogen and oxygen atoms in total. The summed E-state index contributed by atoms with van der Waals surface area (Å²) in [6.45, 7) is 3.67. The van der Waals surface area contributed by atoms with E-state index in [0.29, 0.717) is 5.56 Å². The molecule has 0 radical (unpaired) electrons. The molecule has 1 aromatic heterocycles. The number of pyridine rings is 1. The molecule has 1 aromatic carbocycles. The summed E-state index contributed by atoms with van der Waals surface area (Å²) in [6.07, 6.45) is -0.863. The fourth-order valence-corrected chi connectivity index (χ4v) is 1.79. The van der Waals surface area contributed by atoms with Gasteiger partial charge < -0.3 is 10.2 Å². The highest BCUT2D eigenvalue weighted by Gasteiger charge is 2.11. The lowest BCUT2D eigenvalue weighted by molar-refractivity contribution is 0.0966. The SMILES string of the molecule is Cc1cc2cccc(C(O)CO)c2nc1C. The van der Waals surface area contributed by atoms with Crippen LogP contribution in [0.15, 0.2) is 24.3 Å². The van der Waals surface area contributed by atoms with E-state index in [1.807, 2.05) is 32.0 Å². The molecule has 1 atom stereocenters. The summed E-state index contributed by atoms with van der Waals surface area (Å²) >= 11 is 0. The zero-order valence-electron chi connectivity index (χ0n) is 9.44. The summed E-state index contributed by atoms with van der Waals surface area (Å²) in [5, 5.41) is 19.7. The number of aliphatic hydroxyl groups excluding tert-OH is 2. The first-order valence-corrected chi connectivity index (χ1v) is 5.29. The van der Waals surface area contributed by atoms with Gasteiger partial charge in [-0.2, -0.15) is 0 Å². The van der Waals surface area contributed by atoms with Gasteiger partial charge in [-0.15, -0.1) is 0 Å². The third kappa shape index (κ3) is 1.79. The lowest BCUT2D eigenvalue weighted by Crippen LogP contribution is -2.04. The van der Waals surface area contributed by atoms with Gasteiger partial charge in [0.05, 0.1) is 12.1 Å². The van der Waals surface area contributed by atoms with E-state index < -0.39 is 6.10 Å². The van der Waals surface area contributed by atoms with Crippen LogP contribution < -0.4 is 0 Å². The largest absolute Gasteiger partial charge is 0.393 e. The molecule has 1 unspecified atom stereocenters. The van der Waals surface area contributed by atoms with Gasteiger partial charge in [-0.3, -0.25) is 4.98 Å². The Morgan fingerprint density at radius 2 is 2.06 bits per heavy atom. The molecule has 0 bridgehead atoms. The molecule has 2 rings (SSSR count). The van der Waals surface area contributed by atoms with Crippen molar-refractivity contribution >= 4 is 10.9 Å². The number of para-hydroxylation sites is 1. The van der Waals surface area contributed by atoms with E-state index in [1.54, 1.807) is 6.07 Å². The smallest absolute Gasteiger partial charge is 0.104 e. The number of hydrogen-bond donors (Lipinski definition) is 2. The van der Waals surface area contributed by atoms with Gasteiger partial charge in [-0.05, 0) is 25.5 Å². The maximum atomic E-state index is 9.70. The highest BCUT2D eigenvalue weighted by Crippen LogP contribution is 2.24. The zero-order valence-corrected chi connectivity index (χ0v) is 9.44. The fraction of sp³-hybridized carbons (Fsp3) is 0.308. The maximum Gasteiger partial charge on any atom is 0.104 e. The molecule has 2 aromatic rings. The Labute approximate surface area is 94.4 Å². The Morgan fingerprint density at radius 3 is 2.75 bits per heavy atom.